The molecule has 0 radical (unpaired) electrons. The van der Waals surface area contributed by atoms with Crippen LogP contribution in [0.2, 0.25) is 0 Å². The van der Waals surface area contributed by atoms with Crippen molar-refractivity contribution in [3.8, 4) is 11.6 Å². The topological polar surface area (TPSA) is 86.2 Å². The number of hydrogen-bond donors (Lipinski definition) is 1. The molecular formula is C15H14N4O3S. The lowest BCUT2D eigenvalue weighted by Gasteiger charge is -2.09. The molecule has 1 N–H and O–H groups in total. The first-order valence-electron chi connectivity index (χ1n) is 6.73. The number of ether oxygens (including phenoxy) is 2. The lowest BCUT2D eigenvalue weighted by Crippen LogP contribution is -2.13. The lowest BCUT2D eigenvalue weighted by atomic mass is 10.2. The Hall–Kier alpha value is -2.74. The number of pyridine rings is 1. The fraction of sp³-hybridized carbons (Fsp3) is 0.200. The molecule has 23 heavy (non-hydrogen) atoms. The molecule has 0 aliphatic rings. The molecule has 118 valence electrons. The predicted octanol–water partition coefficient (Wildman–Crippen LogP) is 2.66. The summed E-state index contributed by atoms with van der Waals surface area (Å²) in [5, 5.41) is 4.50. The molecule has 3 aromatic heterocycles. The summed E-state index contributed by atoms with van der Waals surface area (Å²) in [6.45, 7) is 1.79. The highest BCUT2D eigenvalue weighted by molar-refractivity contribution is 7.17. The summed E-state index contributed by atoms with van der Waals surface area (Å²) in [5.41, 5.74) is 1.13. The Labute approximate surface area is 136 Å². The zero-order chi connectivity index (χ0) is 16.4. The number of anilines is 1. The SMILES string of the molecule is COc1ccc(NC(=O)c2csc3cnc(C)nc23)nc1OC. The van der Waals surface area contributed by atoms with E-state index in [9.17, 15) is 4.79 Å². The van der Waals surface area contributed by atoms with Gasteiger partial charge in [0.15, 0.2) is 5.75 Å². The number of aryl methyl sites for hydroxylation is 1. The summed E-state index contributed by atoms with van der Waals surface area (Å²) in [5.74, 6) is 1.51. The average Bonchev–Trinajstić information content (AvgIpc) is 2.97. The van der Waals surface area contributed by atoms with E-state index in [2.05, 4.69) is 20.3 Å². The number of fused-ring (bicyclic) bond motifs is 1. The van der Waals surface area contributed by atoms with E-state index in [1.165, 1.54) is 25.6 Å². The second-order valence-corrected chi connectivity index (χ2v) is 5.55. The van der Waals surface area contributed by atoms with E-state index in [1.807, 2.05) is 0 Å². The summed E-state index contributed by atoms with van der Waals surface area (Å²) < 4.78 is 11.1. The standard InChI is InChI=1S/C15H14N4O3S/c1-8-16-6-11-13(17-8)9(7-23-11)14(20)18-12-5-4-10(21-2)15(19-12)22-3/h4-7H,1-3H3,(H,18,19,20). The molecular weight excluding hydrogens is 316 g/mol. The molecule has 0 atom stereocenters. The Morgan fingerprint density at radius 2 is 2.04 bits per heavy atom. The first-order chi connectivity index (χ1) is 11.1. The van der Waals surface area contributed by atoms with Crippen molar-refractivity contribution in [2.24, 2.45) is 0 Å². The van der Waals surface area contributed by atoms with Crippen molar-refractivity contribution in [1.29, 1.82) is 0 Å². The lowest BCUT2D eigenvalue weighted by molar-refractivity contribution is 0.102. The fourth-order valence-electron chi connectivity index (χ4n) is 2.06. The molecule has 0 bridgehead atoms. The van der Waals surface area contributed by atoms with Crippen LogP contribution < -0.4 is 14.8 Å². The molecule has 0 aromatic carbocycles. The molecule has 3 aromatic rings. The molecule has 0 aliphatic heterocycles. The number of carbonyl (C=O) groups is 1. The summed E-state index contributed by atoms with van der Waals surface area (Å²) in [4.78, 5) is 25.1. The van der Waals surface area contributed by atoms with E-state index in [4.69, 9.17) is 9.47 Å². The zero-order valence-electron chi connectivity index (χ0n) is 12.8. The van der Waals surface area contributed by atoms with Gasteiger partial charge in [-0.25, -0.2) is 9.97 Å². The van der Waals surface area contributed by atoms with Gasteiger partial charge in [0, 0.05) is 11.6 Å². The summed E-state index contributed by atoms with van der Waals surface area (Å²) >= 11 is 1.42. The third kappa shape index (κ3) is 2.93. The van der Waals surface area contributed by atoms with Gasteiger partial charge in [-0.05, 0) is 19.1 Å². The second-order valence-electron chi connectivity index (χ2n) is 4.64. The van der Waals surface area contributed by atoms with E-state index < -0.39 is 0 Å². The largest absolute Gasteiger partial charge is 0.491 e. The Balaban J connectivity index is 1.90. The monoisotopic (exact) mass is 330 g/mol. The van der Waals surface area contributed by atoms with Gasteiger partial charge in [0.1, 0.15) is 11.6 Å². The van der Waals surface area contributed by atoms with E-state index in [0.29, 0.717) is 34.4 Å². The van der Waals surface area contributed by atoms with E-state index in [-0.39, 0.29) is 5.91 Å². The van der Waals surface area contributed by atoms with Crippen molar-refractivity contribution in [3.63, 3.8) is 0 Å². The maximum Gasteiger partial charge on any atom is 0.259 e. The molecule has 3 rings (SSSR count). The quantitative estimate of drug-likeness (QED) is 0.791. The van der Waals surface area contributed by atoms with Crippen LogP contribution in [0, 0.1) is 6.92 Å². The highest BCUT2D eigenvalue weighted by atomic mass is 32.1. The first-order valence-corrected chi connectivity index (χ1v) is 7.61. The summed E-state index contributed by atoms with van der Waals surface area (Å²) in [7, 11) is 3.01. The van der Waals surface area contributed by atoms with Crippen LogP contribution in [-0.2, 0) is 0 Å². The summed E-state index contributed by atoms with van der Waals surface area (Å²) in [6.07, 6.45) is 1.72. The third-order valence-corrected chi connectivity index (χ3v) is 4.07. The van der Waals surface area contributed by atoms with Gasteiger partial charge in [-0.15, -0.1) is 11.3 Å². The van der Waals surface area contributed by atoms with Crippen LogP contribution >= 0.6 is 11.3 Å². The van der Waals surface area contributed by atoms with Crippen LogP contribution in [-0.4, -0.2) is 35.1 Å². The number of amides is 1. The predicted molar refractivity (Wildman–Crippen MR) is 87.4 cm³/mol. The van der Waals surface area contributed by atoms with Crippen molar-refractivity contribution in [1.82, 2.24) is 15.0 Å². The molecule has 0 unspecified atom stereocenters. The number of hydrogen-bond acceptors (Lipinski definition) is 7. The minimum atomic E-state index is -0.283. The van der Waals surface area contributed by atoms with Gasteiger partial charge < -0.3 is 14.8 Å². The van der Waals surface area contributed by atoms with Gasteiger partial charge in [0.05, 0.1) is 30.0 Å². The minimum absolute atomic E-state index is 0.283. The molecule has 0 fully saturated rings. The van der Waals surface area contributed by atoms with E-state index in [1.54, 1.807) is 30.6 Å². The molecule has 7 nitrogen and oxygen atoms in total. The van der Waals surface area contributed by atoms with Crippen molar-refractivity contribution in [2.45, 2.75) is 6.92 Å². The average molecular weight is 330 g/mol. The number of aromatic nitrogens is 3. The first kappa shape index (κ1) is 15.2. The molecule has 0 saturated carbocycles. The highest BCUT2D eigenvalue weighted by Crippen LogP contribution is 2.27. The highest BCUT2D eigenvalue weighted by Gasteiger charge is 2.16. The maximum atomic E-state index is 12.5. The Kier molecular flexibility index (Phi) is 4.07. The van der Waals surface area contributed by atoms with Gasteiger partial charge >= 0.3 is 0 Å². The van der Waals surface area contributed by atoms with Gasteiger partial charge in [0.25, 0.3) is 11.8 Å². The van der Waals surface area contributed by atoms with Crippen LogP contribution in [0.25, 0.3) is 10.2 Å². The second kappa shape index (κ2) is 6.17. The van der Waals surface area contributed by atoms with Crippen molar-refractivity contribution >= 4 is 33.3 Å². The van der Waals surface area contributed by atoms with Crippen LogP contribution in [0.4, 0.5) is 5.82 Å². The molecule has 3 heterocycles. The smallest absolute Gasteiger partial charge is 0.259 e. The molecule has 8 heteroatoms. The van der Waals surface area contributed by atoms with Crippen LogP contribution in [0.5, 0.6) is 11.6 Å². The van der Waals surface area contributed by atoms with Crippen molar-refractivity contribution < 1.29 is 14.3 Å². The Morgan fingerprint density at radius 3 is 2.78 bits per heavy atom. The number of rotatable bonds is 4. The normalized spacial score (nSPS) is 10.6. The maximum absolute atomic E-state index is 12.5. The molecule has 1 amide bonds. The van der Waals surface area contributed by atoms with E-state index in [0.717, 1.165) is 4.70 Å². The van der Waals surface area contributed by atoms with Gasteiger partial charge in [0.2, 0.25) is 0 Å². The fourth-order valence-corrected chi connectivity index (χ4v) is 2.90. The van der Waals surface area contributed by atoms with Crippen LogP contribution in [0.15, 0.2) is 23.7 Å². The van der Waals surface area contributed by atoms with Crippen LogP contribution in [0.3, 0.4) is 0 Å². The van der Waals surface area contributed by atoms with Crippen molar-refractivity contribution in [2.75, 3.05) is 19.5 Å². The number of nitrogens with zero attached hydrogens (tertiary/aromatic N) is 3. The molecule has 0 saturated heterocycles. The Bertz CT molecular complexity index is 878. The third-order valence-electron chi connectivity index (χ3n) is 3.16. The Morgan fingerprint density at radius 1 is 1.22 bits per heavy atom. The van der Waals surface area contributed by atoms with Gasteiger partial charge in [-0.1, -0.05) is 0 Å². The van der Waals surface area contributed by atoms with Crippen LogP contribution in [0.1, 0.15) is 16.2 Å². The van der Waals surface area contributed by atoms with E-state index >= 15 is 0 Å². The molecule has 0 spiro atoms. The van der Waals surface area contributed by atoms with Gasteiger partial charge in [-0.3, -0.25) is 4.79 Å². The number of methoxy groups -OCH3 is 2. The van der Waals surface area contributed by atoms with Crippen molar-refractivity contribution in [3.05, 3.63) is 35.1 Å². The number of nitrogens with one attached hydrogen (secondary N) is 1. The zero-order valence-corrected chi connectivity index (χ0v) is 13.6. The van der Waals surface area contributed by atoms with Gasteiger partial charge in [-0.2, -0.15) is 4.98 Å². The number of carbonyl (C=O) groups excluding carboxylic acids is 1. The summed E-state index contributed by atoms with van der Waals surface area (Å²) in [6, 6.07) is 3.33. The molecule has 0 aliphatic carbocycles. The number of thiophene rings is 1. The minimum Gasteiger partial charge on any atom is -0.491 e.